The molecule has 0 aromatic heterocycles. The lowest BCUT2D eigenvalue weighted by molar-refractivity contribution is -0.167. The van der Waals surface area contributed by atoms with Crippen LogP contribution in [0.5, 0.6) is 0 Å². The van der Waals surface area contributed by atoms with Gasteiger partial charge in [-0.1, -0.05) is 281 Å². The van der Waals surface area contributed by atoms with E-state index in [2.05, 4.69) is 81.5 Å². The molecule has 0 aromatic carbocycles. The molecular formula is C63H112O6. The molecule has 6 nitrogen and oxygen atoms in total. The third kappa shape index (κ3) is 55.9. The van der Waals surface area contributed by atoms with Crippen LogP contribution in [0.1, 0.15) is 303 Å². The minimum absolute atomic E-state index is 0.0742. The lowest BCUT2D eigenvalue weighted by Gasteiger charge is -2.18. The quantitative estimate of drug-likeness (QED) is 0.0262. The summed E-state index contributed by atoms with van der Waals surface area (Å²) in [5, 5.41) is 0. The Morgan fingerprint density at radius 3 is 0.884 bits per heavy atom. The van der Waals surface area contributed by atoms with Crippen LogP contribution in [0.2, 0.25) is 0 Å². The Kier molecular flexibility index (Phi) is 55.3. The molecule has 0 aromatic rings. The number of hydrogen-bond acceptors (Lipinski definition) is 6. The third-order valence-electron chi connectivity index (χ3n) is 13.0. The minimum atomic E-state index is -0.774. The van der Waals surface area contributed by atoms with Gasteiger partial charge in [0.1, 0.15) is 13.2 Å². The Morgan fingerprint density at radius 1 is 0.304 bits per heavy atom. The molecule has 0 amide bonds. The largest absolute Gasteiger partial charge is 0.462 e. The maximum absolute atomic E-state index is 12.8. The summed E-state index contributed by atoms with van der Waals surface area (Å²) >= 11 is 0. The van der Waals surface area contributed by atoms with Gasteiger partial charge in [0.25, 0.3) is 0 Å². The molecule has 0 aliphatic carbocycles. The Hall–Kier alpha value is -2.89. The number of esters is 3. The normalized spacial score (nSPS) is 12.4. The van der Waals surface area contributed by atoms with Crippen LogP contribution >= 0.6 is 0 Å². The molecule has 0 bridgehead atoms. The van der Waals surface area contributed by atoms with Gasteiger partial charge in [-0.15, -0.1) is 0 Å². The van der Waals surface area contributed by atoms with Gasteiger partial charge in [-0.25, -0.2) is 0 Å². The van der Waals surface area contributed by atoms with Crippen molar-refractivity contribution in [2.24, 2.45) is 0 Å². The summed E-state index contributed by atoms with van der Waals surface area (Å²) in [6.45, 7) is 6.52. The van der Waals surface area contributed by atoms with Crippen LogP contribution in [0.4, 0.5) is 0 Å². The third-order valence-corrected chi connectivity index (χ3v) is 13.0. The number of rotatable bonds is 54. The van der Waals surface area contributed by atoms with Crippen molar-refractivity contribution in [3.8, 4) is 0 Å². The molecule has 0 saturated carbocycles. The zero-order chi connectivity index (χ0) is 50.0. The molecule has 0 radical (unpaired) electrons. The molecule has 0 spiro atoms. The molecule has 0 N–H and O–H groups in total. The zero-order valence-electron chi connectivity index (χ0n) is 45.8. The van der Waals surface area contributed by atoms with Crippen LogP contribution in [0, 0.1) is 0 Å². The predicted octanol–water partition coefficient (Wildman–Crippen LogP) is 20.0. The van der Waals surface area contributed by atoms with E-state index in [9.17, 15) is 14.4 Å². The average molecular weight is 966 g/mol. The molecule has 0 aliphatic heterocycles. The van der Waals surface area contributed by atoms with Gasteiger partial charge >= 0.3 is 17.9 Å². The number of allylic oxidation sites excluding steroid dienone is 10. The summed E-state index contributed by atoms with van der Waals surface area (Å²) in [6.07, 6.45) is 72.3. The lowest BCUT2D eigenvalue weighted by atomic mass is 10.0. The van der Waals surface area contributed by atoms with Crippen molar-refractivity contribution in [2.75, 3.05) is 13.2 Å². The van der Waals surface area contributed by atoms with Crippen molar-refractivity contribution in [1.29, 1.82) is 0 Å². The Balaban J connectivity index is 4.22. The Labute approximate surface area is 428 Å². The summed E-state index contributed by atoms with van der Waals surface area (Å²) in [5.74, 6) is -0.875. The topological polar surface area (TPSA) is 78.9 Å². The smallest absolute Gasteiger partial charge is 0.306 e. The van der Waals surface area contributed by atoms with Crippen molar-refractivity contribution in [3.63, 3.8) is 0 Å². The molecule has 1 unspecified atom stereocenters. The molecule has 69 heavy (non-hydrogen) atoms. The van der Waals surface area contributed by atoms with Crippen LogP contribution in [-0.4, -0.2) is 37.2 Å². The first kappa shape index (κ1) is 66.1. The van der Waals surface area contributed by atoms with E-state index in [0.717, 1.165) is 96.3 Å². The van der Waals surface area contributed by atoms with Crippen molar-refractivity contribution < 1.29 is 28.6 Å². The van der Waals surface area contributed by atoms with Crippen molar-refractivity contribution >= 4 is 17.9 Å². The van der Waals surface area contributed by atoms with E-state index < -0.39 is 6.10 Å². The molecule has 0 fully saturated rings. The summed E-state index contributed by atoms with van der Waals surface area (Å²) in [5.41, 5.74) is 0. The first-order valence-corrected chi connectivity index (χ1v) is 29.8. The van der Waals surface area contributed by atoms with Gasteiger partial charge in [0.2, 0.25) is 0 Å². The van der Waals surface area contributed by atoms with E-state index in [1.165, 1.54) is 167 Å². The highest BCUT2D eigenvalue weighted by atomic mass is 16.6. The Bertz CT molecular complexity index is 1250. The summed E-state index contributed by atoms with van der Waals surface area (Å²) in [4.78, 5) is 38.1. The molecule has 400 valence electrons. The highest BCUT2D eigenvalue weighted by molar-refractivity contribution is 5.71. The summed E-state index contributed by atoms with van der Waals surface area (Å²) in [6, 6.07) is 0. The number of carbonyl (C=O) groups excluding carboxylic acids is 3. The molecule has 0 heterocycles. The number of carbonyl (C=O) groups is 3. The molecule has 0 rings (SSSR count). The van der Waals surface area contributed by atoms with Crippen LogP contribution in [0.3, 0.4) is 0 Å². The fourth-order valence-electron chi connectivity index (χ4n) is 8.59. The predicted molar refractivity (Wildman–Crippen MR) is 298 cm³/mol. The van der Waals surface area contributed by atoms with Gasteiger partial charge in [0.05, 0.1) is 0 Å². The maximum Gasteiger partial charge on any atom is 0.306 e. The van der Waals surface area contributed by atoms with E-state index in [4.69, 9.17) is 14.2 Å². The van der Waals surface area contributed by atoms with Gasteiger partial charge < -0.3 is 14.2 Å². The van der Waals surface area contributed by atoms with E-state index >= 15 is 0 Å². The van der Waals surface area contributed by atoms with Crippen molar-refractivity contribution in [2.45, 2.75) is 309 Å². The van der Waals surface area contributed by atoms with Gasteiger partial charge in [-0.3, -0.25) is 14.4 Å². The second kappa shape index (κ2) is 57.7. The van der Waals surface area contributed by atoms with Crippen molar-refractivity contribution in [3.05, 3.63) is 60.8 Å². The van der Waals surface area contributed by atoms with E-state index in [0.29, 0.717) is 19.3 Å². The van der Waals surface area contributed by atoms with Crippen LogP contribution in [0.25, 0.3) is 0 Å². The minimum Gasteiger partial charge on any atom is -0.462 e. The number of hydrogen-bond donors (Lipinski definition) is 0. The van der Waals surface area contributed by atoms with E-state index in [-0.39, 0.29) is 31.1 Å². The standard InChI is InChI=1S/C63H112O6/c1-4-7-10-13-16-19-21-23-25-27-29-31-32-33-35-36-38-40-42-44-47-50-53-56-62(65)68-59-60(58-67-61(64)55-52-49-46-18-15-12-9-6-3)69-63(66)57-54-51-48-45-43-41-39-37-34-30-28-26-24-22-20-17-14-11-8-5-2/h7,10,16,19,23,25,29,31,33,35,60H,4-6,8-9,11-15,17-18,20-22,24,26-28,30,32,34,36-59H2,1-3H3/b10-7-,19-16-,25-23-,31-29-,35-33-. The lowest BCUT2D eigenvalue weighted by Crippen LogP contribution is -2.30. The summed E-state index contributed by atoms with van der Waals surface area (Å²) < 4.78 is 16.8. The Morgan fingerprint density at radius 2 is 0.565 bits per heavy atom. The highest BCUT2D eigenvalue weighted by Gasteiger charge is 2.19. The van der Waals surface area contributed by atoms with Gasteiger partial charge in [0, 0.05) is 19.3 Å². The molecular weight excluding hydrogens is 853 g/mol. The fraction of sp³-hybridized carbons (Fsp3) is 0.794. The van der Waals surface area contributed by atoms with Gasteiger partial charge in [0.15, 0.2) is 6.10 Å². The first-order chi connectivity index (χ1) is 34.0. The van der Waals surface area contributed by atoms with E-state index in [1.54, 1.807) is 0 Å². The summed E-state index contributed by atoms with van der Waals surface area (Å²) in [7, 11) is 0. The number of unbranched alkanes of at least 4 members (excludes halogenated alkanes) is 33. The number of ether oxygens (including phenoxy) is 3. The molecule has 1 atom stereocenters. The molecule has 6 heteroatoms. The first-order valence-electron chi connectivity index (χ1n) is 29.8. The average Bonchev–Trinajstić information content (AvgIpc) is 3.35. The fourth-order valence-corrected chi connectivity index (χ4v) is 8.59. The molecule has 0 aliphatic rings. The van der Waals surface area contributed by atoms with Gasteiger partial charge in [-0.05, 0) is 64.2 Å². The maximum atomic E-state index is 12.8. The highest BCUT2D eigenvalue weighted by Crippen LogP contribution is 2.17. The molecule has 0 saturated heterocycles. The van der Waals surface area contributed by atoms with E-state index in [1.807, 2.05) is 0 Å². The van der Waals surface area contributed by atoms with Crippen molar-refractivity contribution in [1.82, 2.24) is 0 Å². The second-order valence-corrected chi connectivity index (χ2v) is 19.9. The van der Waals surface area contributed by atoms with Crippen LogP contribution in [0.15, 0.2) is 60.8 Å². The SMILES string of the molecule is CC/C=C\C/C=C\C/C=C\C/C=C\C/C=C\CCCCCCCCCC(=O)OCC(COC(=O)CCCCCCCCCC)OC(=O)CCCCCCCCCCCCCCCCCCCCCC. The van der Waals surface area contributed by atoms with Gasteiger partial charge in [-0.2, -0.15) is 0 Å². The monoisotopic (exact) mass is 965 g/mol. The second-order valence-electron chi connectivity index (χ2n) is 19.9. The van der Waals surface area contributed by atoms with Crippen LogP contribution < -0.4 is 0 Å². The van der Waals surface area contributed by atoms with Crippen LogP contribution in [-0.2, 0) is 28.6 Å². The zero-order valence-corrected chi connectivity index (χ0v) is 45.8.